The van der Waals surface area contributed by atoms with Gasteiger partial charge in [-0.05, 0) is 35.7 Å². The van der Waals surface area contributed by atoms with Crippen LogP contribution in [-0.4, -0.2) is 32.3 Å². The Hall–Kier alpha value is -3.13. The normalized spacial score (nSPS) is 10.6. The number of carbonyl (C=O) groups excluding carboxylic acids is 2. The van der Waals surface area contributed by atoms with Crippen LogP contribution in [-0.2, 0) is 17.8 Å². The molecule has 2 amide bonds. The van der Waals surface area contributed by atoms with Crippen LogP contribution in [0, 0.1) is 0 Å². The van der Waals surface area contributed by atoms with Crippen LogP contribution in [0.15, 0.2) is 60.0 Å². The molecule has 1 heterocycles. The standard InChI is InChI=1S/C20H21N5O2S/c1-2-15-7-3-4-9-17(15)25-13-23-24-20(25)28-12-18(26)22-11-14-6-5-8-16(10-14)19(21)27/h3-10,13H,2,11-12H2,1H3,(H2,21,27)(H,22,26). The lowest BCUT2D eigenvalue weighted by molar-refractivity contribution is -0.118. The number of aromatic nitrogens is 3. The van der Waals surface area contributed by atoms with Gasteiger partial charge >= 0.3 is 0 Å². The summed E-state index contributed by atoms with van der Waals surface area (Å²) in [5.74, 6) is -0.411. The number of thioether (sulfide) groups is 1. The second-order valence-electron chi connectivity index (χ2n) is 6.10. The summed E-state index contributed by atoms with van der Waals surface area (Å²) >= 11 is 1.32. The van der Waals surface area contributed by atoms with Crippen LogP contribution in [0.25, 0.3) is 5.69 Å². The number of nitrogens with zero attached hydrogens (tertiary/aromatic N) is 3. The average molecular weight is 395 g/mol. The summed E-state index contributed by atoms with van der Waals surface area (Å²) in [4.78, 5) is 23.5. The minimum absolute atomic E-state index is 0.132. The zero-order valence-electron chi connectivity index (χ0n) is 15.5. The zero-order chi connectivity index (χ0) is 19.9. The highest BCUT2D eigenvalue weighted by molar-refractivity contribution is 7.99. The Bertz CT molecular complexity index is 986. The highest BCUT2D eigenvalue weighted by Crippen LogP contribution is 2.22. The second kappa shape index (κ2) is 9.18. The summed E-state index contributed by atoms with van der Waals surface area (Å²) in [6, 6.07) is 14.9. The van der Waals surface area contributed by atoms with Gasteiger partial charge in [-0.2, -0.15) is 0 Å². The third-order valence-corrected chi connectivity index (χ3v) is 5.13. The third-order valence-electron chi connectivity index (χ3n) is 4.18. The van der Waals surface area contributed by atoms with Crippen molar-refractivity contribution in [3.8, 4) is 5.69 Å². The summed E-state index contributed by atoms with van der Waals surface area (Å²) in [6.07, 6.45) is 2.55. The Morgan fingerprint density at radius 1 is 1.18 bits per heavy atom. The molecule has 3 rings (SSSR count). The van der Waals surface area contributed by atoms with E-state index in [1.165, 1.54) is 17.3 Å². The fourth-order valence-corrected chi connectivity index (χ4v) is 3.50. The number of carbonyl (C=O) groups is 2. The van der Waals surface area contributed by atoms with Gasteiger partial charge in [0.15, 0.2) is 5.16 Å². The van der Waals surface area contributed by atoms with Gasteiger partial charge in [0.05, 0.1) is 11.4 Å². The van der Waals surface area contributed by atoms with Crippen LogP contribution >= 0.6 is 11.8 Å². The molecule has 28 heavy (non-hydrogen) atoms. The van der Waals surface area contributed by atoms with Crippen LogP contribution in [0.2, 0.25) is 0 Å². The van der Waals surface area contributed by atoms with Gasteiger partial charge in [-0.15, -0.1) is 10.2 Å². The molecular weight excluding hydrogens is 374 g/mol. The maximum absolute atomic E-state index is 12.2. The smallest absolute Gasteiger partial charge is 0.248 e. The number of aryl methyl sites for hydroxylation is 1. The number of amides is 2. The van der Waals surface area contributed by atoms with Crippen molar-refractivity contribution in [2.75, 3.05) is 5.75 Å². The van der Waals surface area contributed by atoms with E-state index in [1.54, 1.807) is 24.5 Å². The first-order valence-corrected chi connectivity index (χ1v) is 9.83. The minimum Gasteiger partial charge on any atom is -0.366 e. The first-order valence-electron chi connectivity index (χ1n) is 8.85. The summed E-state index contributed by atoms with van der Waals surface area (Å²) < 4.78 is 1.90. The van der Waals surface area contributed by atoms with Crippen LogP contribution in [0.5, 0.6) is 0 Å². The highest BCUT2D eigenvalue weighted by atomic mass is 32.2. The van der Waals surface area contributed by atoms with E-state index in [0.717, 1.165) is 17.7 Å². The Balaban J connectivity index is 1.59. The Labute approximate surface area is 167 Å². The van der Waals surface area contributed by atoms with E-state index in [9.17, 15) is 9.59 Å². The van der Waals surface area contributed by atoms with Crippen molar-refractivity contribution >= 4 is 23.6 Å². The van der Waals surface area contributed by atoms with Crippen LogP contribution in [0.3, 0.4) is 0 Å². The van der Waals surface area contributed by atoms with Crippen LogP contribution < -0.4 is 11.1 Å². The molecule has 3 aromatic rings. The van der Waals surface area contributed by atoms with Crippen molar-refractivity contribution in [1.29, 1.82) is 0 Å². The first kappa shape index (κ1) is 19.6. The Kier molecular flexibility index (Phi) is 6.44. The molecule has 0 saturated carbocycles. The molecule has 0 fully saturated rings. The van der Waals surface area contributed by atoms with E-state index >= 15 is 0 Å². The molecule has 7 nitrogen and oxygen atoms in total. The van der Waals surface area contributed by atoms with Crippen molar-refractivity contribution in [1.82, 2.24) is 20.1 Å². The number of nitrogens with two attached hydrogens (primary N) is 1. The molecule has 0 aliphatic rings. The minimum atomic E-state index is -0.490. The molecule has 3 N–H and O–H groups in total. The topological polar surface area (TPSA) is 103 Å². The number of hydrogen-bond donors (Lipinski definition) is 2. The van der Waals surface area contributed by atoms with Crippen molar-refractivity contribution in [2.45, 2.75) is 25.0 Å². The highest BCUT2D eigenvalue weighted by Gasteiger charge is 2.12. The average Bonchev–Trinajstić information content (AvgIpc) is 3.19. The molecule has 0 spiro atoms. The van der Waals surface area contributed by atoms with Gasteiger partial charge in [-0.1, -0.05) is 49.0 Å². The van der Waals surface area contributed by atoms with Gasteiger partial charge < -0.3 is 11.1 Å². The van der Waals surface area contributed by atoms with E-state index in [0.29, 0.717) is 17.3 Å². The number of benzene rings is 2. The van der Waals surface area contributed by atoms with Gasteiger partial charge in [-0.25, -0.2) is 0 Å². The quantitative estimate of drug-likeness (QED) is 0.570. The number of primary amides is 1. The Morgan fingerprint density at radius 2 is 2.00 bits per heavy atom. The molecule has 0 aliphatic carbocycles. The molecule has 0 radical (unpaired) electrons. The largest absolute Gasteiger partial charge is 0.366 e. The summed E-state index contributed by atoms with van der Waals surface area (Å²) in [5.41, 5.74) is 8.71. The van der Waals surface area contributed by atoms with E-state index in [2.05, 4.69) is 28.5 Å². The van der Waals surface area contributed by atoms with E-state index in [-0.39, 0.29) is 11.7 Å². The maximum Gasteiger partial charge on any atom is 0.248 e. The maximum atomic E-state index is 12.2. The fraction of sp³-hybridized carbons (Fsp3) is 0.200. The predicted molar refractivity (Wildman–Crippen MR) is 108 cm³/mol. The number of nitrogens with one attached hydrogen (secondary N) is 1. The number of rotatable bonds is 8. The van der Waals surface area contributed by atoms with Crippen LogP contribution in [0.1, 0.15) is 28.4 Å². The van der Waals surface area contributed by atoms with Gasteiger partial charge in [-0.3, -0.25) is 14.2 Å². The molecule has 0 aliphatic heterocycles. The Morgan fingerprint density at radius 3 is 2.79 bits per heavy atom. The fourth-order valence-electron chi connectivity index (χ4n) is 2.75. The van der Waals surface area contributed by atoms with Crippen molar-refractivity contribution in [2.24, 2.45) is 5.73 Å². The zero-order valence-corrected chi connectivity index (χ0v) is 16.3. The molecule has 144 valence electrons. The van der Waals surface area contributed by atoms with E-state index in [1.807, 2.05) is 28.8 Å². The molecule has 0 unspecified atom stereocenters. The number of para-hydroxylation sites is 1. The molecule has 0 atom stereocenters. The second-order valence-corrected chi connectivity index (χ2v) is 7.04. The third kappa shape index (κ3) is 4.77. The lowest BCUT2D eigenvalue weighted by Crippen LogP contribution is -2.25. The van der Waals surface area contributed by atoms with E-state index < -0.39 is 5.91 Å². The van der Waals surface area contributed by atoms with Gasteiger partial charge in [0.1, 0.15) is 6.33 Å². The first-order chi connectivity index (χ1) is 13.6. The SMILES string of the molecule is CCc1ccccc1-n1cnnc1SCC(=O)NCc1cccc(C(N)=O)c1. The molecular formula is C20H21N5O2S. The molecule has 1 aromatic heterocycles. The molecule has 0 saturated heterocycles. The molecule has 2 aromatic carbocycles. The van der Waals surface area contributed by atoms with E-state index in [4.69, 9.17) is 5.73 Å². The summed E-state index contributed by atoms with van der Waals surface area (Å²) in [6.45, 7) is 2.42. The van der Waals surface area contributed by atoms with Crippen molar-refractivity contribution in [3.05, 3.63) is 71.5 Å². The molecule has 8 heteroatoms. The summed E-state index contributed by atoms with van der Waals surface area (Å²) in [5, 5.41) is 11.6. The van der Waals surface area contributed by atoms with Gasteiger partial charge in [0.2, 0.25) is 11.8 Å². The molecule has 0 bridgehead atoms. The lowest BCUT2D eigenvalue weighted by atomic mass is 10.1. The van der Waals surface area contributed by atoms with Crippen LogP contribution in [0.4, 0.5) is 0 Å². The number of hydrogen-bond acceptors (Lipinski definition) is 5. The monoisotopic (exact) mass is 395 g/mol. The lowest BCUT2D eigenvalue weighted by Gasteiger charge is -2.10. The predicted octanol–water partition coefficient (Wildman–Crippen LogP) is 2.34. The summed E-state index contributed by atoms with van der Waals surface area (Å²) in [7, 11) is 0. The van der Waals surface area contributed by atoms with Gasteiger partial charge in [0, 0.05) is 12.1 Å². The van der Waals surface area contributed by atoms with Gasteiger partial charge in [0.25, 0.3) is 0 Å². The van der Waals surface area contributed by atoms with Crippen molar-refractivity contribution < 1.29 is 9.59 Å². The van der Waals surface area contributed by atoms with Crippen molar-refractivity contribution in [3.63, 3.8) is 0 Å².